The first-order valence-corrected chi connectivity index (χ1v) is 6.62. The van der Waals surface area contributed by atoms with Gasteiger partial charge in [0.25, 0.3) is 0 Å². The van der Waals surface area contributed by atoms with E-state index in [1.54, 1.807) is 6.20 Å². The molecule has 0 aliphatic heterocycles. The standard InChI is InChI=1S/C14H18ClN3O/c1-11-14(15)10-17-18(11)6-7-19-13-5-3-4-12(8-13)9-16-2/h3-5,8,10,16H,6-7,9H2,1-2H3. The van der Waals surface area contributed by atoms with Crippen LogP contribution in [0.25, 0.3) is 0 Å². The minimum atomic E-state index is 0.571. The Morgan fingerprint density at radius 3 is 2.95 bits per heavy atom. The molecule has 2 aromatic rings. The summed E-state index contributed by atoms with van der Waals surface area (Å²) in [7, 11) is 1.93. The lowest BCUT2D eigenvalue weighted by molar-refractivity contribution is 0.289. The summed E-state index contributed by atoms with van der Waals surface area (Å²) in [6.45, 7) is 4.05. The second kappa shape index (κ2) is 6.59. The maximum atomic E-state index is 5.95. The van der Waals surface area contributed by atoms with Gasteiger partial charge in [0.1, 0.15) is 12.4 Å². The van der Waals surface area contributed by atoms with Gasteiger partial charge in [-0.2, -0.15) is 5.10 Å². The molecule has 2 rings (SSSR count). The van der Waals surface area contributed by atoms with Crippen LogP contribution in [0.2, 0.25) is 5.02 Å². The molecule has 0 atom stereocenters. The zero-order chi connectivity index (χ0) is 13.7. The molecule has 0 spiro atoms. The normalized spacial score (nSPS) is 10.7. The van der Waals surface area contributed by atoms with Gasteiger partial charge < -0.3 is 10.1 Å². The maximum absolute atomic E-state index is 5.95. The van der Waals surface area contributed by atoms with Crippen molar-refractivity contribution in [2.75, 3.05) is 13.7 Å². The van der Waals surface area contributed by atoms with Crippen LogP contribution in [-0.4, -0.2) is 23.4 Å². The number of halogens is 1. The van der Waals surface area contributed by atoms with Crippen molar-refractivity contribution in [2.24, 2.45) is 0 Å². The zero-order valence-electron chi connectivity index (χ0n) is 11.2. The van der Waals surface area contributed by atoms with Gasteiger partial charge in [0, 0.05) is 6.54 Å². The Balaban J connectivity index is 1.88. The minimum Gasteiger partial charge on any atom is -0.492 e. The molecular weight excluding hydrogens is 262 g/mol. The van der Waals surface area contributed by atoms with E-state index in [4.69, 9.17) is 16.3 Å². The largest absolute Gasteiger partial charge is 0.492 e. The molecule has 0 bridgehead atoms. The van der Waals surface area contributed by atoms with Crippen molar-refractivity contribution in [2.45, 2.75) is 20.0 Å². The Labute approximate surface area is 118 Å². The number of benzene rings is 1. The first-order chi connectivity index (χ1) is 9.20. The third-order valence-corrected chi connectivity index (χ3v) is 3.27. The molecule has 102 valence electrons. The number of ether oxygens (including phenoxy) is 1. The van der Waals surface area contributed by atoms with Crippen LogP contribution in [-0.2, 0) is 13.1 Å². The monoisotopic (exact) mass is 279 g/mol. The van der Waals surface area contributed by atoms with Crippen molar-refractivity contribution in [3.63, 3.8) is 0 Å². The lowest BCUT2D eigenvalue weighted by atomic mass is 10.2. The van der Waals surface area contributed by atoms with Gasteiger partial charge in [0.15, 0.2) is 0 Å². The number of aromatic nitrogens is 2. The van der Waals surface area contributed by atoms with E-state index in [1.807, 2.05) is 36.9 Å². The average molecular weight is 280 g/mol. The van der Waals surface area contributed by atoms with Gasteiger partial charge in [0.05, 0.1) is 23.5 Å². The highest BCUT2D eigenvalue weighted by Crippen LogP contribution is 2.15. The predicted molar refractivity (Wildman–Crippen MR) is 76.7 cm³/mol. The van der Waals surface area contributed by atoms with Crippen LogP contribution in [0.5, 0.6) is 5.75 Å². The highest BCUT2D eigenvalue weighted by atomic mass is 35.5. The highest BCUT2D eigenvalue weighted by Gasteiger charge is 2.03. The Kier molecular flexibility index (Phi) is 4.82. The highest BCUT2D eigenvalue weighted by molar-refractivity contribution is 6.31. The lowest BCUT2D eigenvalue weighted by Crippen LogP contribution is -2.11. The molecule has 0 amide bonds. The van der Waals surface area contributed by atoms with Crippen LogP contribution in [0.4, 0.5) is 0 Å². The zero-order valence-corrected chi connectivity index (χ0v) is 11.9. The Bertz CT molecular complexity index is 539. The summed E-state index contributed by atoms with van der Waals surface area (Å²) >= 11 is 5.95. The van der Waals surface area contributed by atoms with Crippen molar-refractivity contribution in [1.29, 1.82) is 0 Å². The number of rotatable bonds is 6. The fourth-order valence-corrected chi connectivity index (χ4v) is 1.99. The second-order valence-electron chi connectivity index (χ2n) is 4.33. The first-order valence-electron chi connectivity index (χ1n) is 6.25. The topological polar surface area (TPSA) is 39.1 Å². The van der Waals surface area contributed by atoms with Gasteiger partial charge in [0.2, 0.25) is 0 Å². The van der Waals surface area contributed by atoms with Crippen molar-refractivity contribution in [1.82, 2.24) is 15.1 Å². The number of hydrogen-bond donors (Lipinski definition) is 1. The van der Waals surface area contributed by atoms with Gasteiger partial charge in [-0.1, -0.05) is 23.7 Å². The number of hydrogen-bond acceptors (Lipinski definition) is 3. The second-order valence-corrected chi connectivity index (χ2v) is 4.73. The van der Waals surface area contributed by atoms with Crippen LogP contribution in [0.3, 0.4) is 0 Å². The van der Waals surface area contributed by atoms with E-state index in [9.17, 15) is 0 Å². The summed E-state index contributed by atoms with van der Waals surface area (Å²) in [4.78, 5) is 0. The van der Waals surface area contributed by atoms with Crippen molar-refractivity contribution >= 4 is 11.6 Å². The van der Waals surface area contributed by atoms with Crippen LogP contribution in [0.15, 0.2) is 30.5 Å². The Morgan fingerprint density at radius 2 is 2.26 bits per heavy atom. The molecule has 0 fully saturated rings. The fraction of sp³-hybridized carbons (Fsp3) is 0.357. The van der Waals surface area contributed by atoms with Gasteiger partial charge in [-0.25, -0.2) is 0 Å². The van der Waals surface area contributed by atoms with E-state index < -0.39 is 0 Å². The first kappa shape index (κ1) is 13.9. The molecule has 1 heterocycles. The van der Waals surface area contributed by atoms with E-state index in [1.165, 1.54) is 5.56 Å². The maximum Gasteiger partial charge on any atom is 0.119 e. The molecule has 0 radical (unpaired) electrons. The van der Waals surface area contributed by atoms with E-state index in [0.29, 0.717) is 18.2 Å². The summed E-state index contributed by atoms with van der Waals surface area (Å²) in [6.07, 6.45) is 1.66. The Hall–Kier alpha value is -1.52. The van der Waals surface area contributed by atoms with Crippen molar-refractivity contribution in [3.05, 3.63) is 46.7 Å². The van der Waals surface area contributed by atoms with Crippen LogP contribution in [0.1, 0.15) is 11.3 Å². The summed E-state index contributed by atoms with van der Waals surface area (Å²) in [5, 5.41) is 8.00. The lowest BCUT2D eigenvalue weighted by Gasteiger charge is -2.09. The third-order valence-electron chi connectivity index (χ3n) is 2.89. The summed E-state index contributed by atoms with van der Waals surface area (Å²) in [5.74, 6) is 0.878. The summed E-state index contributed by atoms with van der Waals surface area (Å²) < 4.78 is 7.58. The van der Waals surface area contributed by atoms with E-state index >= 15 is 0 Å². The van der Waals surface area contributed by atoms with Gasteiger partial charge in [-0.05, 0) is 31.7 Å². The molecule has 19 heavy (non-hydrogen) atoms. The average Bonchev–Trinajstić information content (AvgIpc) is 2.72. The molecule has 0 saturated heterocycles. The minimum absolute atomic E-state index is 0.571. The molecule has 1 aromatic heterocycles. The smallest absolute Gasteiger partial charge is 0.119 e. The predicted octanol–water partition coefficient (Wildman–Crippen LogP) is 2.64. The van der Waals surface area contributed by atoms with Crippen LogP contribution in [0, 0.1) is 6.92 Å². The summed E-state index contributed by atoms with van der Waals surface area (Å²) in [6, 6.07) is 8.07. The molecule has 0 aliphatic carbocycles. The molecule has 4 nitrogen and oxygen atoms in total. The third kappa shape index (κ3) is 3.72. The quantitative estimate of drug-likeness (QED) is 0.884. The van der Waals surface area contributed by atoms with Gasteiger partial charge in [-0.3, -0.25) is 4.68 Å². The van der Waals surface area contributed by atoms with Gasteiger partial charge in [-0.15, -0.1) is 0 Å². The Morgan fingerprint density at radius 1 is 1.42 bits per heavy atom. The molecular formula is C14H18ClN3O. The molecule has 5 heteroatoms. The molecule has 1 aromatic carbocycles. The van der Waals surface area contributed by atoms with E-state index in [-0.39, 0.29) is 0 Å². The van der Waals surface area contributed by atoms with Crippen LogP contribution < -0.4 is 10.1 Å². The van der Waals surface area contributed by atoms with Crippen LogP contribution >= 0.6 is 11.6 Å². The SMILES string of the molecule is CNCc1cccc(OCCn2ncc(Cl)c2C)c1. The molecule has 0 aliphatic rings. The number of nitrogens with one attached hydrogen (secondary N) is 1. The van der Waals surface area contributed by atoms with E-state index in [2.05, 4.69) is 16.5 Å². The number of nitrogens with zero attached hydrogens (tertiary/aromatic N) is 2. The molecule has 0 saturated carbocycles. The molecule has 1 N–H and O–H groups in total. The van der Waals surface area contributed by atoms with Crippen molar-refractivity contribution in [3.8, 4) is 5.75 Å². The van der Waals surface area contributed by atoms with Crippen molar-refractivity contribution < 1.29 is 4.74 Å². The van der Waals surface area contributed by atoms with E-state index in [0.717, 1.165) is 18.0 Å². The summed E-state index contributed by atoms with van der Waals surface area (Å²) in [5.41, 5.74) is 2.17. The van der Waals surface area contributed by atoms with Gasteiger partial charge >= 0.3 is 0 Å². The molecule has 0 unspecified atom stereocenters. The fourth-order valence-electron chi connectivity index (χ4n) is 1.85.